The van der Waals surface area contributed by atoms with Gasteiger partial charge in [-0.15, -0.1) is 0 Å². The van der Waals surface area contributed by atoms with Gasteiger partial charge in [0, 0.05) is 24.7 Å². The third-order valence-corrected chi connectivity index (χ3v) is 5.79. The first kappa shape index (κ1) is 21.9. The van der Waals surface area contributed by atoms with Crippen LogP contribution in [0.1, 0.15) is 47.7 Å². The molecule has 0 spiro atoms. The van der Waals surface area contributed by atoms with E-state index in [2.05, 4.69) is 17.4 Å². The third kappa shape index (κ3) is 5.85. The smallest absolute Gasteiger partial charge is 0.253 e. The molecule has 2 amide bonds. The highest BCUT2D eigenvalue weighted by atomic mass is 16.5. The number of carbonyl (C=O) groups excluding carboxylic acids is 2. The van der Waals surface area contributed by atoms with Crippen molar-refractivity contribution in [2.24, 2.45) is 5.92 Å². The fraction of sp³-hybridized carbons (Fsp3) is 0.440. The Morgan fingerprint density at radius 3 is 2.50 bits per heavy atom. The minimum atomic E-state index is -0.142. The van der Waals surface area contributed by atoms with E-state index < -0.39 is 0 Å². The molecule has 0 bridgehead atoms. The molecule has 1 aliphatic heterocycles. The molecular weight excluding hydrogens is 376 g/mol. The van der Waals surface area contributed by atoms with E-state index in [1.165, 1.54) is 5.56 Å². The lowest BCUT2D eigenvalue weighted by Crippen LogP contribution is -2.47. The van der Waals surface area contributed by atoms with Crippen LogP contribution in [0, 0.1) is 12.8 Å². The lowest BCUT2D eigenvalue weighted by atomic mass is 9.95. The molecule has 0 aliphatic carbocycles. The Morgan fingerprint density at radius 2 is 1.83 bits per heavy atom. The highest BCUT2D eigenvalue weighted by molar-refractivity contribution is 5.94. The minimum Gasteiger partial charge on any atom is -0.497 e. The topological polar surface area (TPSA) is 58.6 Å². The van der Waals surface area contributed by atoms with Crippen molar-refractivity contribution in [1.82, 2.24) is 10.2 Å². The molecule has 2 aromatic carbocycles. The van der Waals surface area contributed by atoms with Gasteiger partial charge in [-0.05, 0) is 69.4 Å². The van der Waals surface area contributed by atoms with Crippen LogP contribution in [0.3, 0.4) is 0 Å². The molecule has 5 heteroatoms. The third-order valence-electron chi connectivity index (χ3n) is 5.79. The van der Waals surface area contributed by atoms with Crippen molar-refractivity contribution >= 4 is 11.8 Å². The van der Waals surface area contributed by atoms with Gasteiger partial charge in [-0.1, -0.05) is 29.8 Å². The molecule has 160 valence electrons. The van der Waals surface area contributed by atoms with Crippen LogP contribution in [0.25, 0.3) is 0 Å². The normalized spacial score (nSPS) is 17.3. The van der Waals surface area contributed by atoms with Gasteiger partial charge in [-0.25, -0.2) is 0 Å². The van der Waals surface area contributed by atoms with E-state index in [0.717, 1.165) is 37.0 Å². The van der Waals surface area contributed by atoms with Crippen molar-refractivity contribution in [2.45, 2.75) is 45.6 Å². The number of methoxy groups -OCH3 is 1. The summed E-state index contributed by atoms with van der Waals surface area (Å²) in [6.07, 6.45) is 3.45. The number of aryl methyl sites for hydroxylation is 2. The molecule has 30 heavy (non-hydrogen) atoms. The molecule has 3 rings (SSSR count). The van der Waals surface area contributed by atoms with E-state index in [-0.39, 0.29) is 23.8 Å². The monoisotopic (exact) mass is 408 g/mol. The number of piperidine rings is 1. The Bertz CT molecular complexity index is 846. The van der Waals surface area contributed by atoms with Crippen LogP contribution in [0.5, 0.6) is 5.75 Å². The molecule has 1 fully saturated rings. The van der Waals surface area contributed by atoms with Gasteiger partial charge >= 0.3 is 0 Å². The second kappa shape index (κ2) is 10.3. The van der Waals surface area contributed by atoms with Crippen molar-refractivity contribution in [3.8, 4) is 5.75 Å². The van der Waals surface area contributed by atoms with Crippen LogP contribution in [-0.4, -0.2) is 43.0 Å². The van der Waals surface area contributed by atoms with E-state index in [9.17, 15) is 9.59 Å². The first-order valence-corrected chi connectivity index (χ1v) is 10.8. The van der Waals surface area contributed by atoms with Crippen molar-refractivity contribution in [2.75, 3.05) is 20.2 Å². The Morgan fingerprint density at radius 1 is 1.13 bits per heavy atom. The number of nitrogens with zero attached hydrogens (tertiary/aromatic N) is 1. The summed E-state index contributed by atoms with van der Waals surface area (Å²) in [6.45, 7) is 5.25. The van der Waals surface area contributed by atoms with Crippen LogP contribution in [-0.2, 0) is 11.2 Å². The first-order valence-electron chi connectivity index (χ1n) is 10.8. The molecule has 5 nitrogen and oxygen atoms in total. The largest absolute Gasteiger partial charge is 0.497 e. The molecular formula is C25H32N2O3. The average molecular weight is 409 g/mol. The van der Waals surface area contributed by atoms with Crippen LogP contribution in [0.4, 0.5) is 0 Å². The molecule has 2 aromatic rings. The fourth-order valence-corrected chi connectivity index (χ4v) is 3.86. The number of benzene rings is 2. The summed E-state index contributed by atoms with van der Waals surface area (Å²) in [7, 11) is 1.66. The molecule has 0 radical (unpaired) electrons. The maximum absolute atomic E-state index is 12.8. The van der Waals surface area contributed by atoms with Crippen LogP contribution < -0.4 is 10.1 Å². The Kier molecular flexibility index (Phi) is 7.50. The number of hydrogen-bond acceptors (Lipinski definition) is 3. The molecule has 1 saturated heterocycles. The van der Waals surface area contributed by atoms with Crippen molar-refractivity contribution in [1.29, 1.82) is 0 Å². The van der Waals surface area contributed by atoms with Gasteiger partial charge in [0.25, 0.3) is 5.91 Å². The lowest BCUT2D eigenvalue weighted by Gasteiger charge is -2.32. The molecule has 0 saturated carbocycles. The number of nitrogens with one attached hydrogen (secondary N) is 1. The van der Waals surface area contributed by atoms with Gasteiger partial charge in [0.15, 0.2) is 0 Å². The second-order valence-electron chi connectivity index (χ2n) is 8.25. The molecule has 1 N–H and O–H groups in total. The van der Waals surface area contributed by atoms with Crippen LogP contribution in [0.15, 0.2) is 48.5 Å². The zero-order chi connectivity index (χ0) is 21.5. The molecule has 1 aliphatic rings. The summed E-state index contributed by atoms with van der Waals surface area (Å²) < 4.78 is 5.19. The fourth-order valence-electron chi connectivity index (χ4n) is 3.86. The van der Waals surface area contributed by atoms with Crippen LogP contribution in [0.2, 0.25) is 0 Å². The summed E-state index contributed by atoms with van der Waals surface area (Å²) >= 11 is 0. The second-order valence-corrected chi connectivity index (χ2v) is 8.25. The number of amides is 2. The standard InChI is InChI=1S/C25H32N2O3/c1-18-6-12-21(13-7-18)25(29)27-16-4-5-22(17-27)24(28)26-19(2)8-9-20-10-14-23(30-3)15-11-20/h6-7,10-15,19,22H,4-5,8-9,16-17H2,1-3H3,(H,26,28). The van der Waals surface area contributed by atoms with Gasteiger partial charge in [0.2, 0.25) is 5.91 Å². The van der Waals surface area contributed by atoms with E-state index in [4.69, 9.17) is 4.74 Å². The summed E-state index contributed by atoms with van der Waals surface area (Å²) in [5.41, 5.74) is 3.05. The summed E-state index contributed by atoms with van der Waals surface area (Å²) in [5.74, 6) is 0.775. The van der Waals surface area contributed by atoms with E-state index >= 15 is 0 Å². The van der Waals surface area contributed by atoms with Gasteiger partial charge in [0.1, 0.15) is 5.75 Å². The quantitative estimate of drug-likeness (QED) is 0.754. The van der Waals surface area contributed by atoms with E-state index in [0.29, 0.717) is 18.7 Å². The maximum atomic E-state index is 12.8. The SMILES string of the molecule is COc1ccc(CCC(C)NC(=O)C2CCCN(C(=O)c3ccc(C)cc3)C2)cc1. The molecule has 2 atom stereocenters. The van der Waals surface area contributed by atoms with E-state index in [1.54, 1.807) is 7.11 Å². The number of ether oxygens (including phenoxy) is 1. The Balaban J connectivity index is 1.49. The van der Waals surface area contributed by atoms with Gasteiger partial charge in [-0.3, -0.25) is 9.59 Å². The lowest BCUT2D eigenvalue weighted by molar-refractivity contribution is -0.127. The van der Waals surface area contributed by atoms with Gasteiger partial charge < -0.3 is 15.0 Å². The molecule has 0 aromatic heterocycles. The Hall–Kier alpha value is -2.82. The predicted octanol–water partition coefficient (Wildman–Crippen LogP) is 3.99. The molecule has 2 unspecified atom stereocenters. The zero-order valence-corrected chi connectivity index (χ0v) is 18.2. The van der Waals surface area contributed by atoms with Crippen molar-refractivity contribution < 1.29 is 14.3 Å². The number of rotatable bonds is 7. The average Bonchev–Trinajstić information content (AvgIpc) is 2.78. The maximum Gasteiger partial charge on any atom is 0.253 e. The van der Waals surface area contributed by atoms with Gasteiger partial charge in [-0.2, -0.15) is 0 Å². The number of carbonyl (C=O) groups is 2. The number of hydrogen-bond donors (Lipinski definition) is 1. The summed E-state index contributed by atoms with van der Waals surface area (Å²) in [6, 6.07) is 15.7. The van der Waals surface area contributed by atoms with Gasteiger partial charge in [0.05, 0.1) is 13.0 Å². The summed E-state index contributed by atoms with van der Waals surface area (Å²) in [5, 5.41) is 3.15. The van der Waals surface area contributed by atoms with Crippen molar-refractivity contribution in [3.63, 3.8) is 0 Å². The predicted molar refractivity (Wildman–Crippen MR) is 119 cm³/mol. The highest BCUT2D eigenvalue weighted by Gasteiger charge is 2.29. The zero-order valence-electron chi connectivity index (χ0n) is 18.2. The van der Waals surface area contributed by atoms with Crippen molar-refractivity contribution in [3.05, 3.63) is 65.2 Å². The minimum absolute atomic E-state index is 0.0139. The highest BCUT2D eigenvalue weighted by Crippen LogP contribution is 2.20. The first-order chi connectivity index (χ1) is 14.5. The molecule has 1 heterocycles. The number of likely N-dealkylation sites (tertiary alicyclic amines) is 1. The summed E-state index contributed by atoms with van der Waals surface area (Å²) in [4.78, 5) is 27.4. The van der Waals surface area contributed by atoms with Crippen LogP contribution >= 0.6 is 0 Å². The Labute approximate surface area is 179 Å². The van der Waals surface area contributed by atoms with E-state index in [1.807, 2.05) is 55.1 Å².